The van der Waals surface area contributed by atoms with Gasteiger partial charge in [-0.05, 0) is 191 Å². The molecule has 0 aromatic heterocycles. The summed E-state index contributed by atoms with van der Waals surface area (Å²) in [6.45, 7) is -3.35. The molecule has 8 aliphatic rings. The number of hydrogen-bond acceptors (Lipinski definition) is 24. The number of nitrogens with zero attached hydrogens (tertiary/aromatic N) is 4. The Morgan fingerprint density at radius 1 is 0.342 bits per heavy atom. The van der Waals surface area contributed by atoms with Gasteiger partial charge in [-0.1, -0.05) is 111 Å². The lowest BCUT2D eigenvalue weighted by atomic mass is 9.79. The Morgan fingerprint density at radius 2 is 0.525 bits per heavy atom. The van der Waals surface area contributed by atoms with Crippen LogP contribution < -0.4 is 60.8 Å². The van der Waals surface area contributed by atoms with Crippen molar-refractivity contribution in [3.8, 4) is 46.0 Å². The van der Waals surface area contributed by atoms with Gasteiger partial charge in [0.25, 0.3) is 0 Å². The zero-order valence-electron chi connectivity index (χ0n) is 126. The lowest BCUT2D eigenvalue weighted by Gasteiger charge is -2.47. The molecule has 24 heteroatoms. The van der Waals surface area contributed by atoms with Gasteiger partial charge in [-0.15, -0.1) is 0 Å². The van der Waals surface area contributed by atoms with E-state index in [2.05, 4.69) is 0 Å². The fourth-order valence-corrected chi connectivity index (χ4v) is 12.2. The Kier molecular flexibility index (Phi) is 16.9. The topological polar surface area (TPSA) is 296 Å². The highest BCUT2D eigenvalue weighted by Gasteiger charge is 2.47. The van der Waals surface area contributed by atoms with Gasteiger partial charge in [0.2, 0.25) is 0 Å². The van der Waals surface area contributed by atoms with Gasteiger partial charge >= 0.3 is 23.9 Å². The summed E-state index contributed by atoms with van der Waals surface area (Å²) in [6.07, 6.45) is -43.9. The highest BCUT2D eigenvalue weighted by molar-refractivity contribution is 5.77. The number of rotatable bonds is 28. The van der Waals surface area contributed by atoms with Crippen LogP contribution in [0.15, 0.2) is 48.3 Å². The molecule has 4 saturated heterocycles. The van der Waals surface area contributed by atoms with E-state index in [9.17, 15) is 46.6 Å². The first-order valence-corrected chi connectivity index (χ1v) is 39.2. The lowest BCUT2D eigenvalue weighted by Crippen LogP contribution is -2.51. The third-order valence-electron chi connectivity index (χ3n) is 19.0. The van der Waals surface area contributed by atoms with Crippen LogP contribution in [-0.2, 0) is 63.6 Å². The maximum atomic E-state index is 13.2. The van der Waals surface area contributed by atoms with E-state index >= 15 is 0 Å². The molecule has 120 heavy (non-hydrogen) atoms. The molecule has 4 aromatic carbocycles. The predicted octanol–water partition coefficient (Wildman–Crippen LogP) is 14.3. The molecule has 672 valence electrons. The van der Waals surface area contributed by atoms with Crippen LogP contribution in [0.5, 0.6) is 46.0 Å². The molecule has 0 spiro atoms. The highest BCUT2D eigenvalue weighted by Crippen LogP contribution is 2.50. The third kappa shape index (κ3) is 23.8. The average molecular weight is 1730 g/mol. The molecule has 0 saturated carbocycles. The van der Waals surface area contributed by atoms with Crippen LogP contribution in [0.1, 0.15) is 305 Å². The minimum atomic E-state index is -3.63. The van der Waals surface area contributed by atoms with E-state index in [-0.39, 0.29) is 19.6 Å². The lowest BCUT2D eigenvalue weighted by molar-refractivity contribution is -0.161. The summed E-state index contributed by atoms with van der Waals surface area (Å²) in [4.78, 5) is 53.3. The minimum Gasteiger partial charge on any atom is -0.493 e. The van der Waals surface area contributed by atoms with Gasteiger partial charge in [0.1, 0.15) is 48.5 Å². The molecule has 0 bridgehead atoms. The van der Waals surface area contributed by atoms with E-state index < -0.39 is 449 Å². The van der Waals surface area contributed by atoms with Crippen molar-refractivity contribution in [2.45, 2.75) is 260 Å². The number of hydrogen-bond donors (Lipinski definition) is 4. The van der Waals surface area contributed by atoms with Crippen molar-refractivity contribution in [1.82, 2.24) is 19.6 Å². The van der Waals surface area contributed by atoms with E-state index in [0.29, 0.717) is 0 Å². The van der Waals surface area contributed by atoms with Gasteiger partial charge in [0.15, 0.2) is 46.0 Å². The number of esters is 4. The molecular formula is C96H152N8O16. The molecule has 12 unspecified atom stereocenters. The molecule has 4 fully saturated rings. The second-order valence-electron chi connectivity index (χ2n) is 31.7. The molecule has 8 aliphatic heterocycles. The van der Waals surface area contributed by atoms with Gasteiger partial charge in [-0.25, -0.2) is 0 Å². The van der Waals surface area contributed by atoms with Gasteiger partial charge in [-0.2, -0.15) is 0 Å². The molecular weight excluding hydrogens is 1520 g/mol. The van der Waals surface area contributed by atoms with Crippen molar-refractivity contribution in [3.63, 3.8) is 0 Å². The Hall–Kier alpha value is -7.16. The zero-order valence-corrected chi connectivity index (χ0v) is 71.7. The Bertz CT molecular complexity index is 6400. The van der Waals surface area contributed by atoms with Crippen LogP contribution >= 0.6 is 0 Å². The molecule has 16 atom stereocenters. The van der Waals surface area contributed by atoms with Crippen LogP contribution in [0.25, 0.3) is 0 Å². The van der Waals surface area contributed by atoms with Crippen molar-refractivity contribution in [2.24, 2.45) is 93.9 Å². The second kappa shape index (κ2) is 43.9. The number of fused-ring (bicyclic) bond motifs is 12. The van der Waals surface area contributed by atoms with E-state index in [1.165, 1.54) is 55.4 Å². The van der Waals surface area contributed by atoms with Crippen LogP contribution in [0.3, 0.4) is 0 Å². The largest absolute Gasteiger partial charge is 0.493 e. The van der Waals surface area contributed by atoms with Crippen molar-refractivity contribution < 1.29 is 150 Å². The second-order valence-corrected chi connectivity index (χ2v) is 31.7. The van der Waals surface area contributed by atoms with Crippen LogP contribution in [0.4, 0.5) is 0 Å². The smallest absolute Gasteiger partial charge is 0.323 e. The number of methoxy groups -OCH3 is 8. The number of carbonyl (C=O) groups excluding carboxylic acids is 4. The average Bonchev–Trinajstić information content (AvgIpc) is 0.657. The van der Waals surface area contributed by atoms with Crippen molar-refractivity contribution in [3.05, 3.63) is 92.8 Å². The van der Waals surface area contributed by atoms with E-state index in [1.54, 1.807) is 55.4 Å². The van der Waals surface area contributed by atoms with Crippen LogP contribution in [0.2, 0.25) is 0 Å². The standard InChI is InChI=1S/4C24H38N2O4/c4*1-14(2)9-17-13-26-8-7-16-10-21(28-5)22(29-6)11-18(16)19(26)12-20(17)30-24(27)23(25)15(3)4/h4*10-11,14-15,17,19-20,23H,7-9,12-13,25H2,1-6H3/t4*17?,19?,20?,23-/m0000/s1/i2*5D3,7D2,8D2,10D,11D,12D2,13D2,17D,20D;2*7D2,8D2,10D,11D,12D2,13D2,17D,20D. The van der Waals surface area contributed by atoms with Gasteiger partial charge < -0.3 is 79.8 Å². The Balaban J connectivity index is 0.000000254. The fourth-order valence-electron chi connectivity index (χ4n) is 12.2. The first-order valence-electron chi connectivity index (χ1n) is 66.2. The summed E-state index contributed by atoms with van der Waals surface area (Å²) in [5, 5.41) is 0. The minimum absolute atomic E-state index is 0.0852. The molecule has 24 nitrogen and oxygen atoms in total. The summed E-state index contributed by atoms with van der Waals surface area (Å²) < 4.78 is 542. The molecule has 0 aliphatic carbocycles. The maximum absolute atomic E-state index is 13.2. The SMILES string of the molecule is [2H]c1c(OC)c(OC([2H])([2H])[2H])c([2H])c2c1C1N(C([2H])([2H])C2([2H])[2H])C([2H])([2H])C([2H])(CC(C)C)C([2H])(OC(=O)[C@@H](N)C(C)C)C1([2H])[2H].[2H]c1c(OC)c(OC([2H])([2H])[2H])c([2H])c2c1C1N(C([2H])([2H])C2([2H])[2H])C([2H])([2H])C([2H])(CC(C)C)C([2H])(OC(=O)[C@@H](N)C(C)C)C1([2H])[2H].[2H]c1c(OC)c(OC)c([2H])c2c1C1N(C([2H])([2H])C2([2H])[2H])C([2H])([2H])C([2H])(CC(C)C)C([2H])(OC(=O)[C@@H](N)C(C)C)C1([2H])[2H].[2H]c1c(OC)c(OC)c([2H])c2c1C1N(C([2H])([2H])C2([2H])[2H])C([2H])([2H])C([2H])(CC(C)C)C([2H])(OC(=O)[C@@H](N)C(C)C)C1([2H])[2H]. The zero-order chi connectivity index (χ0) is 136. The van der Waals surface area contributed by atoms with Crippen molar-refractivity contribution in [1.29, 1.82) is 0 Å². The van der Waals surface area contributed by atoms with Crippen molar-refractivity contribution in [2.75, 3.05) is 109 Å². The van der Waals surface area contributed by atoms with E-state index in [1.807, 2.05) is 0 Å². The Labute approximate surface area is 794 Å². The van der Waals surface area contributed by atoms with Gasteiger partial charge in [0.05, 0.1) is 81.4 Å². The summed E-state index contributed by atoms with van der Waals surface area (Å²) in [5.41, 5.74) is 16.8. The van der Waals surface area contributed by atoms with Crippen LogP contribution in [0, 0.1) is 70.9 Å². The fraction of sp³-hybridized carbons (Fsp3) is 0.708. The summed E-state index contributed by atoms with van der Waals surface area (Å²) in [5.74, 6) is -27.8. The van der Waals surface area contributed by atoms with Gasteiger partial charge in [0, 0.05) is 175 Å². The molecule has 0 amide bonds. The Morgan fingerprint density at radius 3 is 0.692 bits per heavy atom. The monoisotopic (exact) mass is 1730 g/mol. The van der Waals surface area contributed by atoms with E-state index in [0.717, 1.165) is 42.7 Å². The molecule has 0 radical (unpaired) electrons. The summed E-state index contributed by atoms with van der Waals surface area (Å²) in [7, 11) is -0.132. The number of benzene rings is 4. The number of piperidine rings is 4. The number of nitrogens with two attached hydrogens (primary N) is 4. The normalized spacial score (nSPS) is 43.3. The number of carbonyl (C=O) groups is 4. The highest BCUT2D eigenvalue weighted by atomic mass is 16.6. The van der Waals surface area contributed by atoms with Gasteiger partial charge in [-0.3, -0.25) is 38.8 Å². The maximum Gasteiger partial charge on any atom is 0.323 e. The van der Waals surface area contributed by atoms with E-state index in [4.69, 9.17) is 126 Å². The molecule has 8 N–H and O–H groups in total. The molecule has 8 heterocycles. The summed E-state index contributed by atoms with van der Waals surface area (Å²) >= 11 is 0. The number of ether oxygens (including phenoxy) is 12. The first kappa shape index (κ1) is 46.2. The first-order chi connectivity index (χ1) is 77.7. The predicted molar refractivity (Wildman–Crippen MR) is 471 cm³/mol. The van der Waals surface area contributed by atoms with Crippen LogP contribution in [-0.4, -0.2) is 201 Å². The third-order valence-corrected chi connectivity index (χ3v) is 19.0. The molecule has 4 aromatic rings. The quantitative estimate of drug-likeness (QED) is 0.0303. The van der Waals surface area contributed by atoms with Crippen molar-refractivity contribution >= 4 is 23.9 Å². The molecule has 12 rings (SSSR count). The summed E-state index contributed by atoms with van der Waals surface area (Å²) in [6, 6.07) is -22.7.